The van der Waals surface area contributed by atoms with E-state index in [4.69, 9.17) is 9.26 Å². The van der Waals surface area contributed by atoms with Crippen LogP contribution in [0.5, 0.6) is 0 Å². The van der Waals surface area contributed by atoms with Crippen molar-refractivity contribution in [2.45, 2.75) is 50.7 Å². The number of ether oxygens (including phenoxy) is 1. The SMILES string of the molecule is CC1(c2nc(-c3ncn4c3c(=O)n(C3(C)CCCO3)c3c(F)cccc34)no2)CC1. The second kappa shape index (κ2) is 5.75. The summed E-state index contributed by atoms with van der Waals surface area (Å²) >= 11 is 0. The van der Waals surface area contributed by atoms with E-state index in [0.717, 1.165) is 19.3 Å². The number of nitrogens with zero attached hydrogens (tertiary/aromatic N) is 5. The second-order valence-corrected chi connectivity index (χ2v) is 8.67. The summed E-state index contributed by atoms with van der Waals surface area (Å²) in [5.74, 6) is 0.330. The molecule has 1 atom stereocenters. The Labute approximate surface area is 170 Å². The number of para-hydroxylation sites is 1. The molecule has 0 spiro atoms. The van der Waals surface area contributed by atoms with Crippen LogP contribution in [0.2, 0.25) is 0 Å². The van der Waals surface area contributed by atoms with Crippen LogP contribution in [-0.2, 0) is 15.9 Å². The lowest BCUT2D eigenvalue weighted by atomic mass is 10.1. The predicted molar refractivity (Wildman–Crippen MR) is 106 cm³/mol. The fourth-order valence-corrected chi connectivity index (χ4v) is 4.38. The summed E-state index contributed by atoms with van der Waals surface area (Å²) in [5, 5.41) is 4.08. The third kappa shape index (κ3) is 2.29. The molecule has 2 aliphatic rings. The number of rotatable bonds is 3. The van der Waals surface area contributed by atoms with Gasteiger partial charge in [-0.05, 0) is 44.7 Å². The lowest BCUT2D eigenvalue weighted by molar-refractivity contribution is -0.0451. The average molecular weight is 409 g/mol. The first-order valence-electron chi connectivity index (χ1n) is 10.1. The van der Waals surface area contributed by atoms with Crippen molar-refractivity contribution in [1.82, 2.24) is 24.1 Å². The minimum Gasteiger partial charge on any atom is -0.355 e. The summed E-state index contributed by atoms with van der Waals surface area (Å²) in [6, 6.07) is 4.73. The van der Waals surface area contributed by atoms with Crippen LogP contribution in [0.1, 0.15) is 45.4 Å². The number of hydrogen-bond donors (Lipinski definition) is 0. The summed E-state index contributed by atoms with van der Waals surface area (Å²) < 4.78 is 29.4. The van der Waals surface area contributed by atoms with E-state index < -0.39 is 17.1 Å². The number of imidazole rings is 1. The summed E-state index contributed by atoms with van der Waals surface area (Å²) in [4.78, 5) is 22.7. The Bertz CT molecular complexity index is 1370. The molecule has 0 radical (unpaired) electrons. The maximum absolute atomic E-state index is 15.0. The van der Waals surface area contributed by atoms with Crippen molar-refractivity contribution in [2.24, 2.45) is 0 Å². The fraction of sp³-hybridized carbons (Fsp3) is 0.429. The highest BCUT2D eigenvalue weighted by Crippen LogP contribution is 2.47. The van der Waals surface area contributed by atoms with Crippen LogP contribution >= 0.6 is 0 Å². The van der Waals surface area contributed by atoms with Gasteiger partial charge in [0.05, 0.1) is 5.52 Å². The van der Waals surface area contributed by atoms with Gasteiger partial charge in [0.25, 0.3) is 5.56 Å². The van der Waals surface area contributed by atoms with Crippen LogP contribution in [0, 0.1) is 5.82 Å². The van der Waals surface area contributed by atoms with Crippen LogP contribution < -0.4 is 5.56 Å². The zero-order valence-corrected chi connectivity index (χ0v) is 16.7. The maximum atomic E-state index is 15.0. The Kier molecular flexibility index (Phi) is 3.41. The molecule has 4 aromatic rings. The van der Waals surface area contributed by atoms with E-state index >= 15 is 0 Å². The fourth-order valence-electron chi connectivity index (χ4n) is 4.38. The van der Waals surface area contributed by atoms with Crippen LogP contribution in [0.25, 0.3) is 28.1 Å². The molecule has 1 aliphatic carbocycles. The van der Waals surface area contributed by atoms with Crippen molar-refractivity contribution in [3.8, 4) is 11.5 Å². The van der Waals surface area contributed by atoms with Gasteiger partial charge in [0.2, 0.25) is 11.7 Å². The summed E-state index contributed by atoms with van der Waals surface area (Å²) in [7, 11) is 0. The Balaban J connectivity index is 1.69. The molecule has 9 heteroatoms. The zero-order chi connectivity index (χ0) is 20.7. The number of fused-ring (bicyclic) bond motifs is 3. The maximum Gasteiger partial charge on any atom is 0.280 e. The van der Waals surface area contributed by atoms with Gasteiger partial charge in [-0.2, -0.15) is 4.98 Å². The molecular formula is C21H20FN5O3. The molecular weight excluding hydrogens is 389 g/mol. The van der Waals surface area contributed by atoms with Crippen molar-refractivity contribution in [3.63, 3.8) is 0 Å². The Morgan fingerprint density at radius 1 is 1.17 bits per heavy atom. The molecule has 1 saturated carbocycles. The molecule has 0 amide bonds. The first-order valence-corrected chi connectivity index (χ1v) is 10.1. The highest BCUT2D eigenvalue weighted by Gasteiger charge is 2.45. The van der Waals surface area contributed by atoms with Crippen molar-refractivity contribution >= 4 is 16.6 Å². The minimum atomic E-state index is -0.940. The van der Waals surface area contributed by atoms with Crippen molar-refractivity contribution in [2.75, 3.05) is 6.61 Å². The van der Waals surface area contributed by atoms with E-state index in [1.165, 1.54) is 17.0 Å². The lowest BCUT2D eigenvalue weighted by Gasteiger charge is -2.28. The first kappa shape index (κ1) is 17.8. The van der Waals surface area contributed by atoms with Gasteiger partial charge in [-0.3, -0.25) is 13.8 Å². The Morgan fingerprint density at radius 3 is 2.73 bits per heavy atom. The number of hydrogen-bond acceptors (Lipinski definition) is 6. The lowest BCUT2D eigenvalue weighted by Crippen LogP contribution is -2.39. The normalized spacial score (nSPS) is 22.9. The molecule has 30 heavy (non-hydrogen) atoms. The van der Waals surface area contributed by atoms with Gasteiger partial charge in [-0.1, -0.05) is 18.1 Å². The standard InChI is InChI=1S/C21H20FN5O3/c1-20(8-9-20)19-24-17(25-30-19)14-16-18(28)27(21(2)7-4-10-29-21)15-12(22)5-3-6-13(15)26(16)11-23-14/h3,5-6,11H,4,7-10H2,1-2H3. The molecule has 154 valence electrons. The summed E-state index contributed by atoms with van der Waals surface area (Å²) in [6.45, 7) is 4.40. The highest BCUT2D eigenvalue weighted by atomic mass is 19.1. The van der Waals surface area contributed by atoms with Gasteiger partial charge in [-0.25, -0.2) is 9.37 Å². The smallest absolute Gasteiger partial charge is 0.280 e. The van der Waals surface area contributed by atoms with Crippen molar-refractivity contribution < 1.29 is 13.7 Å². The van der Waals surface area contributed by atoms with Crippen LogP contribution in [0.15, 0.2) is 33.8 Å². The van der Waals surface area contributed by atoms with Gasteiger partial charge in [0, 0.05) is 12.0 Å². The first-order chi connectivity index (χ1) is 14.4. The van der Waals surface area contributed by atoms with Crippen LogP contribution in [0.3, 0.4) is 0 Å². The third-order valence-electron chi connectivity index (χ3n) is 6.45. The molecule has 1 saturated heterocycles. The molecule has 0 N–H and O–H groups in total. The van der Waals surface area contributed by atoms with E-state index in [1.54, 1.807) is 16.5 Å². The van der Waals surface area contributed by atoms with Gasteiger partial charge < -0.3 is 9.26 Å². The summed E-state index contributed by atoms with van der Waals surface area (Å²) in [5.41, 5.74) is -0.111. The molecule has 3 aromatic heterocycles. The number of halogens is 1. The molecule has 1 aliphatic heterocycles. The number of benzene rings is 1. The van der Waals surface area contributed by atoms with Gasteiger partial charge in [0.1, 0.15) is 34.6 Å². The van der Waals surface area contributed by atoms with E-state index in [-0.39, 0.29) is 22.3 Å². The van der Waals surface area contributed by atoms with Crippen LogP contribution in [-0.4, -0.2) is 30.7 Å². The quantitative estimate of drug-likeness (QED) is 0.516. The molecule has 1 unspecified atom stereocenters. The molecule has 0 bridgehead atoms. The molecule has 8 nitrogen and oxygen atoms in total. The highest BCUT2D eigenvalue weighted by molar-refractivity contribution is 5.84. The largest absolute Gasteiger partial charge is 0.355 e. The van der Waals surface area contributed by atoms with E-state index in [0.29, 0.717) is 30.1 Å². The topological polar surface area (TPSA) is 87.5 Å². The summed E-state index contributed by atoms with van der Waals surface area (Å²) in [6.07, 6.45) is 4.89. The minimum absolute atomic E-state index is 0.0953. The second-order valence-electron chi connectivity index (χ2n) is 8.67. The Hall–Kier alpha value is -3.07. The van der Waals surface area contributed by atoms with E-state index in [9.17, 15) is 9.18 Å². The molecule has 6 rings (SSSR count). The van der Waals surface area contributed by atoms with Gasteiger partial charge in [0.15, 0.2) is 0 Å². The van der Waals surface area contributed by atoms with Crippen molar-refractivity contribution in [1.29, 1.82) is 0 Å². The zero-order valence-electron chi connectivity index (χ0n) is 16.7. The molecule has 2 fully saturated rings. The van der Waals surface area contributed by atoms with E-state index in [1.807, 2.05) is 6.92 Å². The van der Waals surface area contributed by atoms with Crippen molar-refractivity contribution in [3.05, 3.63) is 46.6 Å². The van der Waals surface area contributed by atoms with Gasteiger partial charge in [-0.15, -0.1) is 0 Å². The van der Waals surface area contributed by atoms with Gasteiger partial charge >= 0.3 is 0 Å². The molecule has 4 heterocycles. The monoisotopic (exact) mass is 409 g/mol. The number of aromatic nitrogens is 5. The van der Waals surface area contributed by atoms with Crippen LogP contribution in [0.4, 0.5) is 4.39 Å². The predicted octanol–water partition coefficient (Wildman–Crippen LogP) is 3.37. The Morgan fingerprint density at radius 2 is 2.00 bits per heavy atom. The molecule has 1 aromatic carbocycles. The average Bonchev–Trinajstić information content (AvgIpc) is 3.16. The third-order valence-corrected chi connectivity index (χ3v) is 6.45. The van der Waals surface area contributed by atoms with E-state index in [2.05, 4.69) is 22.0 Å².